The number of aliphatic hydroxyl groups is 1. The van der Waals surface area contributed by atoms with Crippen LogP contribution in [0.5, 0.6) is 0 Å². The topological polar surface area (TPSA) is 156 Å². The molecule has 2 N–H and O–H groups in total. The second-order valence-corrected chi connectivity index (χ2v) is 8.68. The molecule has 11 nitrogen and oxygen atoms in total. The maximum Gasteiger partial charge on any atom is 0.356 e. The highest BCUT2D eigenvalue weighted by Gasteiger charge is 2.57. The standard InChI is InChI=1S/C20H21N3O8S/c1-11(24)17-15-9-16(32(30)8-7-21-12(2)25)18(22(15)19(17)26)20(27)31-10-13-3-5-14(6-4-13)23(28)29/h3-8,11,15,17,24H,9-10H2,1-2H3,(H,21,25)/b8-7+/t11-,15+,17-,32?/m0/s1. The predicted molar refractivity (Wildman–Crippen MR) is 111 cm³/mol. The molecule has 2 aliphatic heterocycles. The first-order valence-corrected chi connectivity index (χ1v) is 10.8. The molecule has 1 aromatic rings. The van der Waals surface area contributed by atoms with Gasteiger partial charge in [-0.2, -0.15) is 0 Å². The number of rotatable bonds is 8. The van der Waals surface area contributed by atoms with E-state index in [9.17, 15) is 33.8 Å². The largest absolute Gasteiger partial charge is 0.456 e. The summed E-state index contributed by atoms with van der Waals surface area (Å²) in [4.78, 5) is 47.9. The number of aliphatic hydroxyl groups excluding tert-OH is 1. The molecule has 1 unspecified atom stereocenters. The lowest BCUT2D eigenvalue weighted by Gasteiger charge is -2.44. The monoisotopic (exact) mass is 463 g/mol. The van der Waals surface area contributed by atoms with Crippen molar-refractivity contribution in [2.45, 2.75) is 39.0 Å². The zero-order valence-electron chi connectivity index (χ0n) is 17.2. The minimum atomic E-state index is -1.83. The highest BCUT2D eigenvalue weighted by molar-refractivity contribution is 7.91. The zero-order valence-corrected chi connectivity index (χ0v) is 18.0. The molecule has 170 valence electrons. The highest BCUT2D eigenvalue weighted by Crippen LogP contribution is 2.45. The van der Waals surface area contributed by atoms with E-state index in [1.165, 1.54) is 54.6 Å². The Kier molecular flexibility index (Phi) is 6.84. The van der Waals surface area contributed by atoms with Crippen LogP contribution in [0.1, 0.15) is 25.8 Å². The lowest BCUT2D eigenvalue weighted by atomic mass is 9.83. The summed E-state index contributed by atoms with van der Waals surface area (Å²) in [5, 5.41) is 24.2. The fourth-order valence-corrected chi connectivity index (χ4v) is 4.69. The van der Waals surface area contributed by atoms with Crippen LogP contribution in [-0.2, 0) is 36.5 Å². The molecule has 0 spiro atoms. The summed E-state index contributed by atoms with van der Waals surface area (Å²) < 4.78 is 18.0. The molecule has 0 radical (unpaired) electrons. The Labute approximate surface area is 185 Å². The van der Waals surface area contributed by atoms with E-state index >= 15 is 0 Å². The summed E-state index contributed by atoms with van der Waals surface area (Å²) in [5.74, 6) is -2.43. The van der Waals surface area contributed by atoms with Gasteiger partial charge in [0.2, 0.25) is 11.8 Å². The van der Waals surface area contributed by atoms with Gasteiger partial charge in [0.25, 0.3) is 5.69 Å². The van der Waals surface area contributed by atoms with E-state index in [2.05, 4.69) is 5.32 Å². The van der Waals surface area contributed by atoms with Crippen LogP contribution in [0.15, 0.2) is 46.5 Å². The molecule has 32 heavy (non-hydrogen) atoms. The van der Waals surface area contributed by atoms with E-state index in [-0.39, 0.29) is 35.2 Å². The molecule has 0 saturated carbocycles. The number of β-lactam (4-membered cyclic amide) rings is 1. The maximum absolute atomic E-state index is 12.8. The second-order valence-electron chi connectivity index (χ2n) is 7.32. The van der Waals surface area contributed by atoms with Gasteiger partial charge in [-0.1, -0.05) is 0 Å². The Morgan fingerprint density at radius 2 is 2.06 bits per heavy atom. The van der Waals surface area contributed by atoms with Crippen molar-refractivity contribution in [3.8, 4) is 0 Å². The Morgan fingerprint density at radius 1 is 1.41 bits per heavy atom. The van der Waals surface area contributed by atoms with Gasteiger partial charge in [0.05, 0.1) is 38.7 Å². The Morgan fingerprint density at radius 3 is 2.62 bits per heavy atom. The van der Waals surface area contributed by atoms with Gasteiger partial charge in [0.15, 0.2) is 0 Å². The smallest absolute Gasteiger partial charge is 0.356 e. The van der Waals surface area contributed by atoms with Gasteiger partial charge < -0.3 is 20.1 Å². The molecule has 1 aromatic carbocycles. The Bertz CT molecular complexity index is 1050. The number of nitrogens with one attached hydrogen (secondary N) is 1. The van der Waals surface area contributed by atoms with Gasteiger partial charge in [-0.3, -0.25) is 19.7 Å². The Balaban J connectivity index is 1.80. The number of nitrogens with zero attached hydrogens (tertiary/aromatic N) is 2. The van der Waals surface area contributed by atoms with Crippen molar-refractivity contribution in [1.82, 2.24) is 10.2 Å². The minimum absolute atomic E-state index is 0.111. The van der Waals surface area contributed by atoms with Crippen LogP contribution >= 0.6 is 0 Å². The van der Waals surface area contributed by atoms with Crippen LogP contribution in [0.4, 0.5) is 5.69 Å². The lowest BCUT2D eigenvalue weighted by Crippen LogP contribution is -2.61. The van der Waals surface area contributed by atoms with E-state index in [4.69, 9.17) is 4.74 Å². The number of ether oxygens (including phenoxy) is 1. The summed E-state index contributed by atoms with van der Waals surface area (Å²) in [7, 11) is -1.83. The van der Waals surface area contributed by atoms with Crippen LogP contribution in [0.2, 0.25) is 0 Å². The third kappa shape index (κ3) is 4.60. The molecule has 2 heterocycles. The van der Waals surface area contributed by atoms with Gasteiger partial charge in [0, 0.05) is 37.1 Å². The molecule has 0 aliphatic carbocycles. The number of nitro groups is 1. The number of fused-ring (bicyclic) bond motifs is 1. The summed E-state index contributed by atoms with van der Waals surface area (Å²) in [6.07, 6.45) is 0.360. The summed E-state index contributed by atoms with van der Waals surface area (Å²) in [5.41, 5.74) is 0.231. The molecule has 2 aliphatic rings. The second kappa shape index (κ2) is 9.40. The number of carbonyl (C=O) groups is 3. The number of nitro benzene ring substituents is 1. The van der Waals surface area contributed by atoms with Gasteiger partial charge in [-0.15, -0.1) is 0 Å². The first-order chi connectivity index (χ1) is 15.1. The molecular weight excluding hydrogens is 442 g/mol. The van der Waals surface area contributed by atoms with Crippen molar-refractivity contribution in [2.24, 2.45) is 5.92 Å². The SMILES string of the molecule is CC(=O)N/C=C/S(=O)C1=C(C(=O)OCc2ccc([N+](=O)[O-])cc2)N2C(=O)[C@@H]([C@H](C)O)[C@H]2C1. The predicted octanol–water partition coefficient (Wildman–Crippen LogP) is 0.817. The average molecular weight is 463 g/mol. The van der Waals surface area contributed by atoms with Crippen LogP contribution in [-0.4, -0.2) is 49.1 Å². The molecule has 4 atom stereocenters. The van der Waals surface area contributed by atoms with Crippen LogP contribution in [0.3, 0.4) is 0 Å². The first-order valence-electron chi connectivity index (χ1n) is 9.61. The summed E-state index contributed by atoms with van der Waals surface area (Å²) in [6, 6.07) is 4.90. The number of carbonyl (C=O) groups excluding carboxylic acids is 3. The van der Waals surface area contributed by atoms with Crippen molar-refractivity contribution in [3.05, 3.63) is 62.2 Å². The van der Waals surface area contributed by atoms with E-state index in [1.54, 1.807) is 0 Å². The van der Waals surface area contributed by atoms with Crippen molar-refractivity contribution in [1.29, 1.82) is 0 Å². The number of esters is 1. The third-order valence-electron chi connectivity index (χ3n) is 5.12. The van der Waals surface area contributed by atoms with Crippen LogP contribution in [0.25, 0.3) is 0 Å². The first kappa shape index (κ1) is 23.3. The number of benzene rings is 1. The Hall–Kier alpha value is -3.38. The van der Waals surface area contributed by atoms with Crippen LogP contribution < -0.4 is 5.32 Å². The number of non-ortho nitro benzene ring substituents is 1. The summed E-state index contributed by atoms with van der Waals surface area (Å²) >= 11 is 0. The number of amides is 2. The minimum Gasteiger partial charge on any atom is -0.456 e. The lowest BCUT2D eigenvalue weighted by molar-refractivity contribution is -0.384. The average Bonchev–Trinajstić information content (AvgIpc) is 3.06. The van der Waals surface area contributed by atoms with Gasteiger partial charge in [-0.05, 0) is 24.6 Å². The maximum atomic E-state index is 12.8. The van der Waals surface area contributed by atoms with E-state index < -0.39 is 45.7 Å². The van der Waals surface area contributed by atoms with Crippen molar-refractivity contribution in [2.75, 3.05) is 0 Å². The fraction of sp³-hybridized carbons (Fsp3) is 0.350. The number of hydrogen-bond acceptors (Lipinski definition) is 8. The van der Waals surface area contributed by atoms with E-state index in [0.717, 1.165) is 0 Å². The molecule has 2 amide bonds. The van der Waals surface area contributed by atoms with E-state index in [1.807, 2.05) is 0 Å². The molecule has 0 aromatic heterocycles. The van der Waals surface area contributed by atoms with Crippen molar-refractivity contribution >= 4 is 34.3 Å². The number of hydrogen-bond donors (Lipinski definition) is 2. The molecule has 1 fully saturated rings. The van der Waals surface area contributed by atoms with Crippen molar-refractivity contribution < 1.29 is 33.4 Å². The normalized spacial score (nSPS) is 21.7. The van der Waals surface area contributed by atoms with E-state index in [0.29, 0.717) is 5.56 Å². The molecule has 0 bridgehead atoms. The quantitative estimate of drug-likeness (QED) is 0.248. The van der Waals surface area contributed by atoms with Gasteiger partial charge in [0.1, 0.15) is 12.3 Å². The van der Waals surface area contributed by atoms with Gasteiger partial charge >= 0.3 is 5.97 Å². The highest BCUT2D eigenvalue weighted by atomic mass is 32.2. The molecule has 12 heteroatoms. The zero-order chi connectivity index (χ0) is 23.6. The molecular formula is C20H21N3O8S. The molecule has 3 rings (SSSR count). The third-order valence-corrected chi connectivity index (χ3v) is 6.35. The fourth-order valence-electron chi connectivity index (χ4n) is 3.63. The van der Waals surface area contributed by atoms with Crippen LogP contribution in [0, 0.1) is 16.0 Å². The van der Waals surface area contributed by atoms with Crippen molar-refractivity contribution in [3.63, 3.8) is 0 Å². The summed E-state index contributed by atoms with van der Waals surface area (Å²) in [6.45, 7) is 2.54. The van der Waals surface area contributed by atoms with Gasteiger partial charge in [-0.25, -0.2) is 9.00 Å². The molecule has 1 saturated heterocycles.